The number of hydrogen-bond acceptors (Lipinski definition) is 6. The molecule has 4 rings (SSSR count). The van der Waals surface area contributed by atoms with Gasteiger partial charge < -0.3 is 4.74 Å². The third-order valence-corrected chi connectivity index (χ3v) is 8.05. The highest BCUT2D eigenvalue weighted by Gasteiger charge is 2.27. The summed E-state index contributed by atoms with van der Waals surface area (Å²) in [7, 11) is -3.31. The first kappa shape index (κ1) is 21.0. The molecule has 3 aromatic rings. The van der Waals surface area contributed by atoms with E-state index in [-0.39, 0.29) is 22.7 Å². The van der Waals surface area contributed by atoms with Crippen LogP contribution in [0, 0.1) is 6.92 Å². The van der Waals surface area contributed by atoms with Crippen molar-refractivity contribution in [3.8, 4) is 0 Å². The van der Waals surface area contributed by atoms with Crippen molar-refractivity contribution in [2.24, 2.45) is 0 Å². The number of aryl methyl sites for hydroxylation is 1. The van der Waals surface area contributed by atoms with E-state index >= 15 is 0 Å². The molecule has 1 aliphatic heterocycles. The molecular formula is C22H24N2O4S2. The summed E-state index contributed by atoms with van der Waals surface area (Å²) < 4.78 is 30.9. The van der Waals surface area contributed by atoms with Gasteiger partial charge in [0, 0.05) is 12.2 Å². The Hall–Kier alpha value is -2.29. The number of carbonyl (C=O) groups is 1. The number of rotatable bonds is 6. The largest absolute Gasteiger partial charge is 0.376 e. The van der Waals surface area contributed by atoms with Crippen molar-refractivity contribution in [2.45, 2.75) is 37.7 Å². The third kappa shape index (κ3) is 4.26. The lowest BCUT2D eigenvalue weighted by atomic mass is 10.2. The number of fused-ring (bicyclic) bond motifs is 1. The number of carbonyl (C=O) groups excluding carboxylic acids is 1. The van der Waals surface area contributed by atoms with E-state index in [1.807, 2.05) is 19.1 Å². The van der Waals surface area contributed by atoms with Crippen LogP contribution in [0.25, 0.3) is 10.2 Å². The number of anilines is 1. The monoisotopic (exact) mass is 444 g/mol. The second kappa shape index (κ2) is 8.45. The molecule has 1 fully saturated rings. The minimum Gasteiger partial charge on any atom is -0.376 e. The Morgan fingerprint density at radius 3 is 2.67 bits per heavy atom. The Morgan fingerprint density at radius 1 is 1.23 bits per heavy atom. The molecule has 0 aliphatic carbocycles. The van der Waals surface area contributed by atoms with E-state index in [0.717, 1.165) is 28.6 Å². The summed E-state index contributed by atoms with van der Waals surface area (Å²) in [6, 6.07) is 12.2. The fourth-order valence-corrected chi connectivity index (χ4v) is 5.46. The van der Waals surface area contributed by atoms with Gasteiger partial charge >= 0.3 is 0 Å². The summed E-state index contributed by atoms with van der Waals surface area (Å²) in [4.78, 5) is 20.0. The predicted molar refractivity (Wildman–Crippen MR) is 119 cm³/mol. The summed E-state index contributed by atoms with van der Waals surface area (Å²) >= 11 is 1.48. The molecule has 2 aromatic carbocycles. The highest BCUT2D eigenvalue weighted by Crippen LogP contribution is 2.31. The van der Waals surface area contributed by atoms with Crippen molar-refractivity contribution < 1.29 is 17.9 Å². The maximum absolute atomic E-state index is 13.4. The second-order valence-electron chi connectivity index (χ2n) is 7.45. The molecule has 8 heteroatoms. The van der Waals surface area contributed by atoms with Crippen molar-refractivity contribution in [3.05, 3.63) is 53.6 Å². The molecule has 0 saturated carbocycles. The van der Waals surface area contributed by atoms with Gasteiger partial charge in [0.2, 0.25) is 0 Å². The number of sulfone groups is 1. The van der Waals surface area contributed by atoms with Crippen LogP contribution in [0.5, 0.6) is 0 Å². The minimum absolute atomic E-state index is 0.0244. The third-order valence-electron chi connectivity index (χ3n) is 5.26. The van der Waals surface area contributed by atoms with E-state index in [1.165, 1.54) is 23.5 Å². The Balaban J connectivity index is 1.68. The van der Waals surface area contributed by atoms with E-state index < -0.39 is 9.84 Å². The van der Waals surface area contributed by atoms with Gasteiger partial charge in [0.05, 0.1) is 33.5 Å². The van der Waals surface area contributed by atoms with Crippen LogP contribution in [0.4, 0.5) is 5.13 Å². The van der Waals surface area contributed by atoms with Gasteiger partial charge in [-0.3, -0.25) is 9.69 Å². The van der Waals surface area contributed by atoms with Gasteiger partial charge in [-0.1, -0.05) is 24.3 Å². The van der Waals surface area contributed by atoms with Crippen LogP contribution in [0.2, 0.25) is 0 Å². The molecule has 1 amide bonds. The van der Waals surface area contributed by atoms with Crippen LogP contribution < -0.4 is 4.90 Å². The normalized spacial score (nSPS) is 16.8. The summed E-state index contributed by atoms with van der Waals surface area (Å²) in [5.41, 5.74) is 2.43. The second-order valence-corrected chi connectivity index (χ2v) is 10.7. The molecule has 1 saturated heterocycles. The van der Waals surface area contributed by atoms with Crippen LogP contribution in [-0.2, 0) is 14.6 Å². The summed E-state index contributed by atoms with van der Waals surface area (Å²) in [6.07, 6.45) is 1.86. The van der Waals surface area contributed by atoms with Crippen LogP contribution in [0.15, 0.2) is 47.4 Å². The van der Waals surface area contributed by atoms with Gasteiger partial charge in [0.1, 0.15) is 0 Å². The van der Waals surface area contributed by atoms with Crippen LogP contribution in [0.1, 0.15) is 35.7 Å². The van der Waals surface area contributed by atoms with Crippen molar-refractivity contribution in [1.29, 1.82) is 0 Å². The first-order valence-corrected chi connectivity index (χ1v) is 12.5. The van der Waals surface area contributed by atoms with Gasteiger partial charge in [0.25, 0.3) is 5.91 Å². The zero-order valence-corrected chi connectivity index (χ0v) is 18.6. The quantitative estimate of drug-likeness (QED) is 0.569. The van der Waals surface area contributed by atoms with Crippen molar-refractivity contribution >= 4 is 42.4 Å². The van der Waals surface area contributed by atoms with Crippen LogP contribution in [0.3, 0.4) is 0 Å². The van der Waals surface area contributed by atoms with E-state index in [0.29, 0.717) is 23.8 Å². The molecule has 1 unspecified atom stereocenters. The summed E-state index contributed by atoms with van der Waals surface area (Å²) in [5, 5.41) is 0.626. The zero-order chi connectivity index (χ0) is 21.3. The van der Waals surface area contributed by atoms with E-state index in [1.54, 1.807) is 24.0 Å². The van der Waals surface area contributed by atoms with Gasteiger partial charge in [-0.25, -0.2) is 13.4 Å². The lowest BCUT2D eigenvalue weighted by Crippen LogP contribution is -2.37. The Labute approximate surface area is 180 Å². The zero-order valence-electron chi connectivity index (χ0n) is 17.0. The SMILES string of the molecule is CCS(=O)(=O)c1ccc(C(=O)N(CC2CCCO2)c2nc3ccc(C)cc3s2)cc1. The summed E-state index contributed by atoms with van der Waals surface area (Å²) in [5.74, 6) is -0.182. The average Bonchev–Trinajstić information content (AvgIpc) is 3.40. The Kier molecular flexibility index (Phi) is 5.90. The van der Waals surface area contributed by atoms with Gasteiger partial charge in [-0.05, 0) is 61.7 Å². The molecule has 1 aliphatic rings. The number of ether oxygens (including phenoxy) is 1. The molecule has 6 nitrogen and oxygen atoms in total. The number of aromatic nitrogens is 1. The first-order chi connectivity index (χ1) is 14.4. The molecule has 0 spiro atoms. The topological polar surface area (TPSA) is 76.6 Å². The molecule has 2 heterocycles. The Bertz CT molecular complexity index is 1160. The highest BCUT2D eigenvalue weighted by atomic mass is 32.2. The van der Waals surface area contributed by atoms with Crippen LogP contribution >= 0.6 is 11.3 Å². The minimum atomic E-state index is -3.31. The van der Waals surface area contributed by atoms with Crippen molar-refractivity contribution in [2.75, 3.05) is 23.8 Å². The molecule has 0 bridgehead atoms. The van der Waals surface area contributed by atoms with Crippen molar-refractivity contribution in [1.82, 2.24) is 4.98 Å². The number of amides is 1. The highest BCUT2D eigenvalue weighted by molar-refractivity contribution is 7.91. The first-order valence-electron chi connectivity index (χ1n) is 10.0. The summed E-state index contributed by atoms with van der Waals surface area (Å²) in [6.45, 7) is 4.76. The van der Waals surface area contributed by atoms with Gasteiger partial charge in [0.15, 0.2) is 15.0 Å². The molecular weight excluding hydrogens is 420 g/mol. The molecule has 0 N–H and O–H groups in total. The maximum atomic E-state index is 13.4. The lowest BCUT2D eigenvalue weighted by molar-refractivity contribution is 0.0917. The van der Waals surface area contributed by atoms with Gasteiger partial charge in [-0.2, -0.15) is 0 Å². The molecule has 1 atom stereocenters. The lowest BCUT2D eigenvalue weighted by Gasteiger charge is -2.23. The van der Waals surface area contributed by atoms with E-state index in [2.05, 4.69) is 11.1 Å². The molecule has 158 valence electrons. The van der Waals surface area contributed by atoms with E-state index in [9.17, 15) is 13.2 Å². The predicted octanol–water partition coefficient (Wildman–Crippen LogP) is 4.22. The number of nitrogens with zero attached hydrogens (tertiary/aromatic N) is 2. The van der Waals surface area contributed by atoms with Crippen LogP contribution in [-0.4, -0.2) is 44.3 Å². The fraction of sp³-hybridized carbons (Fsp3) is 0.364. The molecule has 30 heavy (non-hydrogen) atoms. The Morgan fingerprint density at radius 2 is 2.00 bits per heavy atom. The standard InChI is InChI=1S/C22H24N2O4S2/c1-3-30(26,27)18-9-7-16(8-10-18)21(25)24(14-17-5-4-12-28-17)22-23-19-11-6-15(2)13-20(19)29-22/h6-11,13,17H,3-5,12,14H2,1-2H3. The smallest absolute Gasteiger partial charge is 0.260 e. The van der Waals surface area contributed by atoms with Crippen molar-refractivity contribution in [3.63, 3.8) is 0 Å². The van der Waals surface area contributed by atoms with Gasteiger partial charge in [-0.15, -0.1) is 0 Å². The maximum Gasteiger partial charge on any atom is 0.260 e. The molecule has 0 radical (unpaired) electrons. The fourth-order valence-electron chi connectivity index (χ4n) is 3.50. The number of thiazole rings is 1. The molecule has 1 aromatic heterocycles. The number of hydrogen-bond donors (Lipinski definition) is 0. The average molecular weight is 445 g/mol. The van der Waals surface area contributed by atoms with E-state index in [4.69, 9.17) is 4.74 Å². The number of benzene rings is 2.